The van der Waals surface area contributed by atoms with Crippen LogP contribution in [0, 0.1) is 5.82 Å². The molecule has 0 saturated heterocycles. The molecule has 4 heteroatoms. The molecule has 0 unspecified atom stereocenters. The molecular weight excluding hydrogens is 281 g/mol. The fourth-order valence-corrected chi connectivity index (χ4v) is 2.68. The van der Waals surface area contributed by atoms with Crippen molar-refractivity contribution >= 4 is 11.6 Å². The summed E-state index contributed by atoms with van der Waals surface area (Å²) in [6.45, 7) is -0.0594. The molecule has 0 spiro atoms. The zero-order valence-electron chi connectivity index (χ0n) is 12.3. The molecule has 0 aromatic heterocycles. The summed E-state index contributed by atoms with van der Waals surface area (Å²) in [6.07, 6.45) is 4.66. The van der Waals surface area contributed by atoms with E-state index in [2.05, 4.69) is 11.4 Å². The van der Waals surface area contributed by atoms with E-state index in [1.165, 1.54) is 48.2 Å². The molecule has 0 heterocycles. The highest BCUT2D eigenvalue weighted by Gasteiger charge is 2.10. The molecule has 0 bridgehead atoms. The van der Waals surface area contributed by atoms with E-state index in [0.717, 1.165) is 18.6 Å². The lowest BCUT2D eigenvalue weighted by atomic mass is 9.92. The molecule has 0 fully saturated rings. The Morgan fingerprint density at radius 3 is 2.55 bits per heavy atom. The number of benzene rings is 2. The fraction of sp³-hybridized carbons (Fsp3) is 0.278. The minimum atomic E-state index is -0.330. The Labute approximate surface area is 129 Å². The van der Waals surface area contributed by atoms with Crippen LogP contribution in [-0.4, -0.2) is 12.5 Å². The molecule has 0 radical (unpaired) electrons. The van der Waals surface area contributed by atoms with Crippen LogP contribution in [0.5, 0.6) is 5.75 Å². The predicted octanol–water partition coefficient (Wildman–Crippen LogP) is 3.72. The van der Waals surface area contributed by atoms with Crippen LogP contribution in [0.4, 0.5) is 10.1 Å². The third kappa shape index (κ3) is 3.64. The summed E-state index contributed by atoms with van der Waals surface area (Å²) in [5, 5.41) is 2.67. The zero-order valence-corrected chi connectivity index (χ0v) is 12.3. The van der Waals surface area contributed by atoms with Crippen molar-refractivity contribution in [2.24, 2.45) is 0 Å². The molecule has 1 amide bonds. The van der Waals surface area contributed by atoms with E-state index in [9.17, 15) is 9.18 Å². The van der Waals surface area contributed by atoms with Crippen molar-refractivity contribution in [3.05, 3.63) is 59.4 Å². The molecule has 3 nitrogen and oxygen atoms in total. The Balaban J connectivity index is 1.55. The van der Waals surface area contributed by atoms with Gasteiger partial charge in [-0.1, -0.05) is 6.07 Å². The van der Waals surface area contributed by atoms with Gasteiger partial charge in [-0.2, -0.15) is 0 Å². The Hall–Kier alpha value is -2.36. The molecule has 2 aromatic carbocycles. The van der Waals surface area contributed by atoms with Gasteiger partial charge in [-0.3, -0.25) is 4.79 Å². The molecule has 3 rings (SSSR count). The van der Waals surface area contributed by atoms with Crippen LogP contribution in [0.15, 0.2) is 42.5 Å². The highest BCUT2D eigenvalue weighted by molar-refractivity contribution is 5.91. The van der Waals surface area contributed by atoms with Gasteiger partial charge in [-0.25, -0.2) is 4.39 Å². The van der Waals surface area contributed by atoms with Crippen molar-refractivity contribution in [2.45, 2.75) is 25.7 Å². The number of aryl methyl sites for hydroxylation is 2. The van der Waals surface area contributed by atoms with Gasteiger partial charge in [0.15, 0.2) is 6.61 Å². The summed E-state index contributed by atoms with van der Waals surface area (Å²) in [5.74, 6) is 0.127. The topological polar surface area (TPSA) is 38.3 Å². The lowest BCUT2D eigenvalue weighted by molar-refractivity contribution is -0.118. The molecule has 114 valence electrons. The van der Waals surface area contributed by atoms with Crippen molar-refractivity contribution < 1.29 is 13.9 Å². The number of carbonyl (C=O) groups excluding carboxylic acids is 1. The van der Waals surface area contributed by atoms with Crippen LogP contribution < -0.4 is 10.1 Å². The lowest BCUT2D eigenvalue weighted by Gasteiger charge is -2.16. The molecule has 1 aliphatic carbocycles. The van der Waals surface area contributed by atoms with Gasteiger partial charge >= 0.3 is 0 Å². The molecule has 2 aromatic rings. The first-order valence-electron chi connectivity index (χ1n) is 7.51. The van der Waals surface area contributed by atoms with Gasteiger partial charge in [-0.05, 0) is 73.2 Å². The maximum atomic E-state index is 12.8. The van der Waals surface area contributed by atoms with Crippen molar-refractivity contribution in [2.75, 3.05) is 11.9 Å². The van der Waals surface area contributed by atoms with Crippen LogP contribution in [0.25, 0.3) is 0 Å². The van der Waals surface area contributed by atoms with E-state index >= 15 is 0 Å². The SMILES string of the molecule is O=C(COc1ccc2c(c1)CCCC2)Nc1ccc(F)cc1. The van der Waals surface area contributed by atoms with Gasteiger partial charge in [0.1, 0.15) is 11.6 Å². The van der Waals surface area contributed by atoms with Gasteiger partial charge < -0.3 is 10.1 Å². The summed E-state index contributed by atoms with van der Waals surface area (Å²) in [6, 6.07) is 11.7. The maximum Gasteiger partial charge on any atom is 0.262 e. The third-order valence-electron chi connectivity index (χ3n) is 3.82. The maximum absolute atomic E-state index is 12.8. The number of ether oxygens (including phenoxy) is 1. The monoisotopic (exact) mass is 299 g/mol. The summed E-state index contributed by atoms with van der Waals surface area (Å²) in [4.78, 5) is 11.8. The van der Waals surface area contributed by atoms with Gasteiger partial charge in [0.2, 0.25) is 0 Å². The number of fused-ring (bicyclic) bond motifs is 1. The quantitative estimate of drug-likeness (QED) is 0.934. The zero-order chi connectivity index (χ0) is 15.4. The van der Waals surface area contributed by atoms with E-state index in [4.69, 9.17) is 4.74 Å². The smallest absolute Gasteiger partial charge is 0.262 e. The summed E-state index contributed by atoms with van der Waals surface area (Å²) < 4.78 is 18.3. The average molecular weight is 299 g/mol. The second-order valence-electron chi connectivity index (χ2n) is 5.48. The Kier molecular flexibility index (Phi) is 4.37. The molecular formula is C18H18FNO2. The summed E-state index contributed by atoms with van der Waals surface area (Å²) in [7, 11) is 0. The first-order chi connectivity index (χ1) is 10.7. The van der Waals surface area contributed by atoms with E-state index in [0.29, 0.717) is 5.69 Å². The predicted molar refractivity (Wildman–Crippen MR) is 83.6 cm³/mol. The minimum absolute atomic E-state index is 0.0594. The molecule has 1 aliphatic rings. The Morgan fingerprint density at radius 1 is 1.05 bits per heavy atom. The minimum Gasteiger partial charge on any atom is -0.484 e. The molecule has 22 heavy (non-hydrogen) atoms. The van der Waals surface area contributed by atoms with Crippen molar-refractivity contribution in [3.63, 3.8) is 0 Å². The number of carbonyl (C=O) groups is 1. The van der Waals surface area contributed by atoms with Gasteiger partial charge in [-0.15, -0.1) is 0 Å². The normalized spacial score (nSPS) is 13.3. The van der Waals surface area contributed by atoms with Crippen LogP contribution in [-0.2, 0) is 17.6 Å². The number of rotatable bonds is 4. The van der Waals surface area contributed by atoms with Crippen molar-refractivity contribution in [3.8, 4) is 5.75 Å². The van der Waals surface area contributed by atoms with Crippen molar-refractivity contribution in [1.29, 1.82) is 0 Å². The average Bonchev–Trinajstić information content (AvgIpc) is 2.55. The number of amides is 1. The van der Waals surface area contributed by atoms with Gasteiger partial charge in [0.05, 0.1) is 0 Å². The fourth-order valence-electron chi connectivity index (χ4n) is 2.68. The molecule has 0 saturated carbocycles. The highest BCUT2D eigenvalue weighted by atomic mass is 19.1. The standard InChI is InChI=1S/C18H18FNO2/c19-15-6-8-16(9-7-15)20-18(21)12-22-17-10-5-13-3-1-2-4-14(13)11-17/h5-11H,1-4,12H2,(H,20,21). The van der Waals surface area contributed by atoms with Crippen molar-refractivity contribution in [1.82, 2.24) is 0 Å². The number of halogens is 1. The number of hydrogen-bond acceptors (Lipinski definition) is 2. The highest BCUT2D eigenvalue weighted by Crippen LogP contribution is 2.25. The number of hydrogen-bond donors (Lipinski definition) is 1. The largest absolute Gasteiger partial charge is 0.484 e. The second kappa shape index (κ2) is 6.60. The van der Waals surface area contributed by atoms with Gasteiger partial charge in [0, 0.05) is 5.69 Å². The van der Waals surface area contributed by atoms with Crippen LogP contribution in [0.1, 0.15) is 24.0 Å². The Morgan fingerprint density at radius 2 is 1.77 bits per heavy atom. The molecule has 0 aliphatic heterocycles. The van der Waals surface area contributed by atoms with E-state index < -0.39 is 0 Å². The summed E-state index contributed by atoms with van der Waals surface area (Å²) in [5.41, 5.74) is 3.26. The van der Waals surface area contributed by atoms with E-state index in [1.807, 2.05) is 12.1 Å². The van der Waals surface area contributed by atoms with Crippen LogP contribution >= 0.6 is 0 Å². The lowest BCUT2D eigenvalue weighted by Crippen LogP contribution is -2.20. The Bertz CT molecular complexity index is 667. The summed E-state index contributed by atoms with van der Waals surface area (Å²) >= 11 is 0. The second-order valence-corrected chi connectivity index (χ2v) is 5.48. The van der Waals surface area contributed by atoms with Gasteiger partial charge in [0.25, 0.3) is 5.91 Å². The first kappa shape index (κ1) is 14.6. The van der Waals surface area contributed by atoms with E-state index in [-0.39, 0.29) is 18.3 Å². The first-order valence-corrected chi connectivity index (χ1v) is 7.51. The molecule has 0 atom stereocenters. The van der Waals surface area contributed by atoms with Crippen LogP contribution in [0.3, 0.4) is 0 Å². The van der Waals surface area contributed by atoms with Crippen LogP contribution in [0.2, 0.25) is 0 Å². The number of anilines is 1. The number of nitrogens with one attached hydrogen (secondary N) is 1. The van der Waals surface area contributed by atoms with E-state index in [1.54, 1.807) is 0 Å². The third-order valence-corrected chi connectivity index (χ3v) is 3.82. The molecule has 1 N–H and O–H groups in total.